The molecule has 1 aromatic rings. The predicted octanol–water partition coefficient (Wildman–Crippen LogP) is 0.284. The molecule has 7 N–H and O–H groups in total. The van der Waals surface area contributed by atoms with Gasteiger partial charge in [0, 0.05) is 12.6 Å². The minimum atomic E-state index is -0.448. The van der Waals surface area contributed by atoms with Crippen LogP contribution in [0.25, 0.3) is 0 Å². The Hall–Kier alpha value is -1.79. The second-order valence-electron chi connectivity index (χ2n) is 4.36. The highest BCUT2D eigenvalue weighted by molar-refractivity contribution is 5.97. The summed E-state index contributed by atoms with van der Waals surface area (Å²) >= 11 is 0. The number of para-hydroxylation sites is 1. The monoisotopic (exact) mass is 267 g/mol. The van der Waals surface area contributed by atoms with Gasteiger partial charge in [-0.3, -0.25) is 4.79 Å². The highest BCUT2D eigenvalue weighted by Gasteiger charge is 2.17. The van der Waals surface area contributed by atoms with E-state index in [0.717, 1.165) is 19.3 Å². The SMILES string of the molecule is NCCCC[C@@H](CN)NC(=O)c1cccc(O)c1O. The van der Waals surface area contributed by atoms with Crippen LogP contribution in [0.1, 0.15) is 29.6 Å². The molecular formula is C13H21N3O3. The Kier molecular flexibility index (Phi) is 6.11. The van der Waals surface area contributed by atoms with Gasteiger partial charge in [-0.05, 0) is 31.5 Å². The molecule has 6 heteroatoms. The van der Waals surface area contributed by atoms with Gasteiger partial charge in [0.1, 0.15) is 0 Å². The maximum atomic E-state index is 12.0. The molecule has 0 radical (unpaired) electrons. The molecule has 1 atom stereocenters. The average molecular weight is 267 g/mol. The first-order valence-electron chi connectivity index (χ1n) is 6.32. The number of nitrogens with one attached hydrogen (secondary N) is 1. The molecule has 0 saturated carbocycles. The molecule has 0 aliphatic heterocycles. The number of unbranched alkanes of at least 4 members (excludes halogenated alkanes) is 1. The summed E-state index contributed by atoms with van der Waals surface area (Å²) in [5.74, 6) is -1.19. The molecule has 0 bridgehead atoms. The van der Waals surface area contributed by atoms with Crippen LogP contribution < -0.4 is 16.8 Å². The number of benzene rings is 1. The Balaban J connectivity index is 2.64. The van der Waals surface area contributed by atoms with Crippen LogP contribution in [0.5, 0.6) is 11.5 Å². The van der Waals surface area contributed by atoms with Gasteiger partial charge in [-0.25, -0.2) is 0 Å². The van der Waals surface area contributed by atoms with Crippen molar-refractivity contribution in [2.24, 2.45) is 11.5 Å². The van der Waals surface area contributed by atoms with E-state index in [2.05, 4.69) is 5.32 Å². The number of hydrogen-bond acceptors (Lipinski definition) is 5. The molecule has 0 unspecified atom stereocenters. The summed E-state index contributed by atoms with van der Waals surface area (Å²) in [4.78, 5) is 12.0. The Morgan fingerprint density at radius 1 is 1.26 bits per heavy atom. The number of nitrogens with two attached hydrogens (primary N) is 2. The van der Waals surface area contributed by atoms with E-state index in [1.54, 1.807) is 0 Å². The molecule has 19 heavy (non-hydrogen) atoms. The highest BCUT2D eigenvalue weighted by atomic mass is 16.3. The fraction of sp³-hybridized carbons (Fsp3) is 0.462. The molecule has 0 aliphatic carbocycles. The van der Waals surface area contributed by atoms with Crippen molar-refractivity contribution in [2.45, 2.75) is 25.3 Å². The molecule has 6 nitrogen and oxygen atoms in total. The van der Waals surface area contributed by atoms with Gasteiger partial charge >= 0.3 is 0 Å². The molecule has 0 aliphatic rings. The van der Waals surface area contributed by atoms with Crippen molar-refractivity contribution in [3.05, 3.63) is 23.8 Å². The number of aromatic hydroxyl groups is 2. The van der Waals surface area contributed by atoms with E-state index >= 15 is 0 Å². The lowest BCUT2D eigenvalue weighted by Crippen LogP contribution is -2.40. The van der Waals surface area contributed by atoms with E-state index < -0.39 is 11.7 Å². The van der Waals surface area contributed by atoms with Crippen LogP contribution in [0.2, 0.25) is 0 Å². The van der Waals surface area contributed by atoms with Crippen molar-refractivity contribution in [3.63, 3.8) is 0 Å². The number of phenols is 2. The van der Waals surface area contributed by atoms with Crippen LogP contribution in [0.4, 0.5) is 0 Å². The maximum Gasteiger partial charge on any atom is 0.255 e. The number of carbonyl (C=O) groups is 1. The molecule has 1 amide bonds. The third-order valence-corrected chi connectivity index (χ3v) is 2.89. The lowest BCUT2D eigenvalue weighted by atomic mass is 10.1. The van der Waals surface area contributed by atoms with E-state index in [1.165, 1.54) is 18.2 Å². The standard InChI is InChI=1S/C13H21N3O3/c14-7-2-1-4-9(8-15)16-13(19)10-5-3-6-11(17)12(10)18/h3,5-6,9,17-18H,1-2,4,7-8,14-15H2,(H,16,19)/t9-/m0/s1. The van der Waals surface area contributed by atoms with Crippen LogP contribution in [-0.2, 0) is 0 Å². The van der Waals surface area contributed by atoms with Crippen molar-refractivity contribution in [2.75, 3.05) is 13.1 Å². The summed E-state index contributed by atoms with van der Waals surface area (Å²) in [5.41, 5.74) is 11.0. The van der Waals surface area contributed by atoms with Gasteiger partial charge in [-0.2, -0.15) is 0 Å². The Bertz CT molecular complexity index is 424. The van der Waals surface area contributed by atoms with Gasteiger partial charge in [0.15, 0.2) is 11.5 Å². The first-order chi connectivity index (χ1) is 9.10. The molecule has 0 aromatic heterocycles. The third-order valence-electron chi connectivity index (χ3n) is 2.89. The van der Waals surface area contributed by atoms with E-state index in [9.17, 15) is 15.0 Å². The van der Waals surface area contributed by atoms with Gasteiger partial charge < -0.3 is 27.0 Å². The summed E-state index contributed by atoms with van der Waals surface area (Å²) < 4.78 is 0. The van der Waals surface area contributed by atoms with E-state index in [0.29, 0.717) is 13.1 Å². The van der Waals surface area contributed by atoms with Crippen molar-refractivity contribution >= 4 is 5.91 Å². The summed E-state index contributed by atoms with van der Waals surface area (Å²) in [6, 6.07) is 4.09. The van der Waals surface area contributed by atoms with Crippen LogP contribution in [0, 0.1) is 0 Å². The first-order valence-corrected chi connectivity index (χ1v) is 6.32. The smallest absolute Gasteiger partial charge is 0.255 e. The summed E-state index contributed by atoms with van der Waals surface area (Å²) in [7, 11) is 0. The van der Waals surface area contributed by atoms with Gasteiger partial charge in [0.25, 0.3) is 5.91 Å². The fourth-order valence-electron chi connectivity index (χ4n) is 1.76. The Morgan fingerprint density at radius 2 is 2.00 bits per heavy atom. The van der Waals surface area contributed by atoms with Crippen molar-refractivity contribution in [1.29, 1.82) is 0 Å². The average Bonchev–Trinajstić information content (AvgIpc) is 2.40. The Morgan fingerprint density at radius 3 is 2.63 bits per heavy atom. The second-order valence-corrected chi connectivity index (χ2v) is 4.36. The molecule has 0 heterocycles. The zero-order valence-corrected chi connectivity index (χ0v) is 10.8. The maximum absolute atomic E-state index is 12.0. The minimum Gasteiger partial charge on any atom is -0.504 e. The summed E-state index contributed by atoms with van der Waals surface area (Å²) in [6.07, 6.45) is 2.49. The van der Waals surface area contributed by atoms with Gasteiger partial charge in [0.2, 0.25) is 0 Å². The lowest BCUT2D eigenvalue weighted by Gasteiger charge is -2.17. The number of rotatable bonds is 7. The molecule has 0 spiro atoms. The van der Waals surface area contributed by atoms with Crippen LogP contribution in [0.3, 0.4) is 0 Å². The molecule has 1 rings (SSSR count). The minimum absolute atomic E-state index is 0.0391. The first kappa shape index (κ1) is 15.3. The van der Waals surface area contributed by atoms with Crippen molar-refractivity contribution in [1.82, 2.24) is 5.32 Å². The van der Waals surface area contributed by atoms with E-state index in [-0.39, 0.29) is 17.4 Å². The third kappa shape index (κ3) is 4.42. The molecule has 106 valence electrons. The zero-order chi connectivity index (χ0) is 14.3. The van der Waals surface area contributed by atoms with Crippen molar-refractivity contribution in [3.8, 4) is 11.5 Å². The highest BCUT2D eigenvalue weighted by Crippen LogP contribution is 2.28. The number of hydrogen-bond donors (Lipinski definition) is 5. The van der Waals surface area contributed by atoms with Crippen LogP contribution in [-0.4, -0.2) is 35.3 Å². The molecule has 0 fully saturated rings. The van der Waals surface area contributed by atoms with Gasteiger partial charge in [-0.1, -0.05) is 12.5 Å². The summed E-state index contributed by atoms with van der Waals surface area (Å²) in [5, 5.41) is 21.7. The largest absolute Gasteiger partial charge is 0.504 e. The molecular weight excluding hydrogens is 246 g/mol. The molecule has 1 aromatic carbocycles. The molecule has 0 saturated heterocycles. The van der Waals surface area contributed by atoms with Gasteiger partial charge in [0.05, 0.1) is 5.56 Å². The lowest BCUT2D eigenvalue weighted by molar-refractivity contribution is 0.0932. The number of amides is 1. The van der Waals surface area contributed by atoms with Crippen molar-refractivity contribution < 1.29 is 15.0 Å². The van der Waals surface area contributed by atoms with Crippen LogP contribution in [0.15, 0.2) is 18.2 Å². The number of phenolic OH excluding ortho intramolecular Hbond substituents is 2. The van der Waals surface area contributed by atoms with Crippen LogP contribution >= 0.6 is 0 Å². The van der Waals surface area contributed by atoms with E-state index in [4.69, 9.17) is 11.5 Å². The predicted molar refractivity (Wildman–Crippen MR) is 73.0 cm³/mol. The topological polar surface area (TPSA) is 122 Å². The fourth-order valence-corrected chi connectivity index (χ4v) is 1.76. The second kappa shape index (κ2) is 7.60. The normalized spacial score (nSPS) is 12.1. The summed E-state index contributed by atoms with van der Waals surface area (Å²) in [6.45, 7) is 0.925. The zero-order valence-electron chi connectivity index (χ0n) is 10.8. The van der Waals surface area contributed by atoms with Gasteiger partial charge in [-0.15, -0.1) is 0 Å². The quantitative estimate of drug-likeness (QED) is 0.359. The number of carbonyl (C=O) groups excluding carboxylic acids is 1. The van der Waals surface area contributed by atoms with E-state index in [1.807, 2.05) is 0 Å². The Labute approximate surface area is 112 Å².